The molecule has 2 N–H and O–H groups in total. The van der Waals surface area contributed by atoms with Gasteiger partial charge in [-0.15, -0.1) is 0 Å². The van der Waals surface area contributed by atoms with Gasteiger partial charge >= 0.3 is 0 Å². The van der Waals surface area contributed by atoms with Crippen LogP contribution < -0.4 is 5.73 Å². The molecule has 0 aromatic carbocycles. The normalized spacial score (nSPS) is 24.1. The fourth-order valence-electron chi connectivity index (χ4n) is 1.37. The largest absolute Gasteiger partial charge is 0.367 e. The number of epoxide rings is 1. The van der Waals surface area contributed by atoms with Crippen molar-refractivity contribution in [2.45, 2.75) is 38.4 Å². The summed E-state index contributed by atoms with van der Waals surface area (Å²) in [4.78, 5) is 22.1. The molecule has 0 saturated carbocycles. The third kappa shape index (κ3) is 3.98. The molecule has 1 saturated heterocycles. The maximum absolute atomic E-state index is 11.4. The van der Waals surface area contributed by atoms with E-state index in [4.69, 9.17) is 10.5 Å². The number of amides is 1. The van der Waals surface area contributed by atoms with Crippen LogP contribution in [0.15, 0.2) is 24.3 Å². The maximum atomic E-state index is 11.4. The first-order valence-electron chi connectivity index (χ1n) is 5.40. The van der Waals surface area contributed by atoms with Gasteiger partial charge in [-0.25, -0.2) is 0 Å². The number of allylic oxidation sites excluding steroid dienone is 4. The van der Waals surface area contributed by atoms with Crippen molar-refractivity contribution in [1.29, 1.82) is 0 Å². The first-order valence-corrected chi connectivity index (χ1v) is 5.40. The Hall–Kier alpha value is -1.42. The first-order chi connectivity index (χ1) is 7.66. The van der Waals surface area contributed by atoms with Gasteiger partial charge in [0.05, 0.1) is 0 Å². The molecule has 1 rings (SSSR count). The number of primary amides is 1. The van der Waals surface area contributed by atoms with Gasteiger partial charge in [-0.3, -0.25) is 9.59 Å². The highest BCUT2D eigenvalue weighted by Gasteiger charge is 2.48. The Labute approximate surface area is 95.1 Å². The molecule has 4 heteroatoms. The highest BCUT2D eigenvalue weighted by Crippen LogP contribution is 2.24. The molecule has 1 aliphatic heterocycles. The molecule has 1 aliphatic rings. The minimum atomic E-state index is -0.681. The van der Waals surface area contributed by atoms with E-state index in [1.807, 2.05) is 31.2 Å². The number of nitrogens with two attached hydrogens (primary N) is 1. The van der Waals surface area contributed by atoms with Gasteiger partial charge < -0.3 is 10.5 Å². The molecule has 16 heavy (non-hydrogen) atoms. The number of carbonyl (C=O) groups excluding carboxylic acids is 2. The number of ether oxygens (including phenoxy) is 1. The smallest absolute Gasteiger partial charge is 0.249 e. The molecule has 4 nitrogen and oxygen atoms in total. The minimum Gasteiger partial charge on any atom is -0.367 e. The van der Waals surface area contributed by atoms with Crippen molar-refractivity contribution in [3.63, 3.8) is 0 Å². The predicted molar refractivity (Wildman–Crippen MR) is 60.7 cm³/mol. The molecule has 1 fully saturated rings. The van der Waals surface area contributed by atoms with Gasteiger partial charge in [-0.1, -0.05) is 24.3 Å². The monoisotopic (exact) mass is 223 g/mol. The van der Waals surface area contributed by atoms with Gasteiger partial charge in [0.25, 0.3) is 0 Å². The summed E-state index contributed by atoms with van der Waals surface area (Å²) in [5.74, 6) is -0.596. The van der Waals surface area contributed by atoms with E-state index in [2.05, 4.69) is 0 Å². The Morgan fingerprint density at radius 1 is 1.25 bits per heavy atom. The summed E-state index contributed by atoms with van der Waals surface area (Å²) in [5, 5.41) is 0. The number of carbonyl (C=O) groups is 2. The van der Waals surface area contributed by atoms with Gasteiger partial charge in [-0.2, -0.15) is 0 Å². The van der Waals surface area contributed by atoms with Crippen LogP contribution in [0, 0.1) is 0 Å². The quantitative estimate of drug-likeness (QED) is 0.519. The summed E-state index contributed by atoms with van der Waals surface area (Å²) in [5.41, 5.74) is 5.00. The number of ketones is 1. The first kappa shape index (κ1) is 12.6. The van der Waals surface area contributed by atoms with Crippen LogP contribution in [0.4, 0.5) is 0 Å². The van der Waals surface area contributed by atoms with E-state index in [1.54, 1.807) is 0 Å². The average Bonchev–Trinajstić information content (AvgIpc) is 3.02. The van der Waals surface area contributed by atoms with Crippen LogP contribution in [0.2, 0.25) is 0 Å². The van der Waals surface area contributed by atoms with Gasteiger partial charge in [-0.05, 0) is 19.8 Å². The van der Waals surface area contributed by atoms with Crippen molar-refractivity contribution in [1.82, 2.24) is 0 Å². The molecule has 88 valence electrons. The Balaban J connectivity index is 2.12. The fraction of sp³-hybridized carbons (Fsp3) is 0.500. The van der Waals surface area contributed by atoms with E-state index in [1.165, 1.54) is 0 Å². The minimum absolute atomic E-state index is 0.0421. The zero-order valence-corrected chi connectivity index (χ0v) is 9.39. The van der Waals surface area contributed by atoms with Crippen LogP contribution in [0.25, 0.3) is 0 Å². The number of Topliss-reactive ketones (excluding diaryl/α,β-unsaturated/α-hetero) is 1. The summed E-state index contributed by atoms with van der Waals surface area (Å²) in [6.07, 6.45) is 8.68. The van der Waals surface area contributed by atoms with Crippen molar-refractivity contribution < 1.29 is 14.3 Å². The second-order valence-corrected chi connectivity index (χ2v) is 3.66. The molecule has 0 aliphatic carbocycles. The Morgan fingerprint density at radius 3 is 2.56 bits per heavy atom. The van der Waals surface area contributed by atoms with Gasteiger partial charge in [0.2, 0.25) is 5.91 Å². The topological polar surface area (TPSA) is 72.7 Å². The van der Waals surface area contributed by atoms with Crippen molar-refractivity contribution in [3.8, 4) is 0 Å². The van der Waals surface area contributed by atoms with Gasteiger partial charge in [0.1, 0.15) is 0 Å². The van der Waals surface area contributed by atoms with Crippen LogP contribution in [0.1, 0.15) is 26.2 Å². The lowest BCUT2D eigenvalue weighted by atomic mass is 10.1. The van der Waals surface area contributed by atoms with Crippen LogP contribution in [-0.4, -0.2) is 23.9 Å². The molecule has 0 unspecified atom stereocenters. The molecular formula is C12H17NO3. The predicted octanol–water partition coefficient (Wildman–Crippen LogP) is 1.11. The van der Waals surface area contributed by atoms with E-state index < -0.39 is 18.1 Å². The second-order valence-electron chi connectivity index (χ2n) is 3.66. The fourth-order valence-corrected chi connectivity index (χ4v) is 1.37. The SMILES string of the molecule is C/C=C\C/C=C\CCC(=O)[C@@H]1O[C@@H]1C(N)=O. The standard InChI is InChI=1S/C12H17NO3/c1-2-3-4-5-6-7-8-9(14)10-11(16-10)12(13)15/h2-3,5-6,10-11H,4,7-8H2,1H3,(H2,13,15)/b3-2-,6-5-/t10-,11-/m0/s1. The summed E-state index contributed by atoms with van der Waals surface area (Å²) in [6.45, 7) is 1.96. The van der Waals surface area contributed by atoms with E-state index >= 15 is 0 Å². The summed E-state index contributed by atoms with van der Waals surface area (Å²) in [6, 6.07) is 0. The van der Waals surface area contributed by atoms with Crippen molar-refractivity contribution in [2.75, 3.05) is 0 Å². The molecular weight excluding hydrogens is 206 g/mol. The molecule has 0 radical (unpaired) electrons. The second kappa shape index (κ2) is 6.23. The average molecular weight is 223 g/mol. The van der Waals surface area contributed by atoms with Crippen LogP contribution in [0.3, 0.4) is 0 Å². The third-order valence-corrected chi connectivity index (χ3v) is 2.32. The maximum Gasteiger partial charge on any atom is 0.249 e. The number of hydrogen-bond donors (Lipinski definition) is 1. The van der Waals surface area contributed by atoms with Crippen molar-refractivity contribution in [2.24, 2.45) is 5.73 Å². The molecule has 1 heterocycles. The van der Waals surface area contributed by atoms with E-state index in [0.717, 1.165) is 6.42 Å². The van der Waals surface area contributed by atoms with E-state index in [9.17, 15) is 9.59 Å². The number of hydrogen-bond acceptors (Lipinski definition) is 3. The summed E-state index contributed by atoms with van der Waals surface area (Å²) < 4.78 is 4.88. The molecule has 0 aromatic heterocycles. The lowest BCUT2D eigenvalue weighted by Gasteiger charge is -1.92. The van der Waals surface area contributed by atoms with Crippen LogP contribution in [-0.2, 0) is 14.3 Å². The van der Waals surface area contributed by atoms with Crippen LogP contribution in [0.5, 0.6) is 0 Å². The third-order valence-electron chi connectivity index (χ3n) is 2.32. The Kier molecular flexibility index (Phi) is 4.92. The molecule has 0 bridgehead atoms. The molecule has 0 spiro atoms. The van der Waals surface area contributed by atoms with Crippen molar-refractivity contribution in [3.05, 3.63) is 24.3 Å². The van der Waals surface area contributed by atoms with E-state index in [0.29, 0.717) is 12.8 Å². The Morgan fingerprint density at radius 2 is 2.00 bits per heavy atom. The van der Waals surface area contributed by atoms with Crippen molar-refractivity contribution >= 4 is 11.7 Å². The van der Waals surface area contributed by atoms with E-state index in [-0.39, 0.29) is 5.78 Å². The molecule has 0 aromatic rings. The lowest BCUT2D eigenvalue weighted by molar-refractivity contribution is -0.121. The molecule has 1 amide bonds. The lowest BCUT2D eigenvalue weighted by Crippen LogP contribution is -2.22. The highest BCUT2D eigenvalue weighted by atomic mass is 16.6. The molecule has 2 atom stereocenters. The summed E-state index contributed by atoms with van der Waals surface area (Å²) in [7, 11) is 0. The number of rotatable bonds is 7. The highest BCUT2D eigenvalue weighted by molar-refractivity contribution is 5.95. The zero-order valence-electron chi connectivity index (χ0n) is 9.39. The van der Waals surface area contributed by atoms with Gasteiger partial charge in [0, 0.05) is 6.42 Å². The Bertz CT molecular complexity index is 320. The summed E-state index contributed by atoms with van der Waals surface area (Å²) >= 11 is 0. The van der Waals surface area contributed by atoms with Crippen LogP contribution >= 0.6 is 0 Å². The zero-order chi connectivity index (χ0) is 12.0. The van der Waals surface area contributed by atoms with Gasteiger partial charge in [0.15, 0.2) is 18.0 Å².